The van der Waals surface area contributed by atoms with Crippen molar-refractivity contribution >= 4 is 5.91 Å². The maximum atomic E-state index is 11.6. The number of morpholine rings is 1. The monoisotopic (exact) mass is 259 g/mol. The summed E-state index contributed by atoms with van der Waals surface area (Å²) in [5.41, 5.74) is 5.66. The number of carbonyl (C=O) groups excluding carboxylic acids is 1. The Morgan fingerprint density at radius 3 is 2.94 bits per heavy atom. The van der Waals surface area contributed by atoms with E-state index in [0.29, 0.717) is 6.54 Å². The number of amides is 1. The molecule has 6 nitrogen and oxygen atoms in total. The van der Waals surface area contributed by atoms with E-state index in [4.69, 9.17) is 15.2 Å². The van der Waals surface area contributed by atoms with Gasteiger partial charge in [0, 0.05) is 32.3 Å². The third-order valence-corrected chi connectivity index (χ3v) is 3.18. The number of hydrogen-bond acceptors (Lipinski definition) is 5. The molecule has 0 aromatic heterocycles. The van der Waals surface area contributed by atoms with Gasteiger partial charge in [-0.2, -0.15) is 0 Å². The van der Waals surface area contributed by atoms with Crippen molar-refractivity contribution in [1.29, 1.82) is 0 Å². The summed E-state index contributed by atoms with van der Waals surface area (Å²) in [7, 11) is 1.53. The van der Waals surface area contributed by atoms with Gasteiger partial charge in [0.1, 0.15) is 6.04 Å². The molecule has 0 aromatic carbocycles. The van der Waals surface area contributed by atoms with Crippen LogP contribution in [0.3, 0.4) is 0 Å². The van der Waals surface area contributed by atoms with Crippen molar-refractivity contribution in [3.8, 4) is 0 Å². The lowest BCUT2D eigenvalue weighted by Gasteiger charge is -2.42. The maximum absolute atomic E-state index is 11.6. The van der Waals surface area contributed by atoms with Crippen LogP contribution in [0.2, 0.25) is 0 Å². The predicted octanol–water partition coefficient (Wildman–Crippen LogP) is -0.813. The predicted molar refractivity (Wildman–Crippen MR) is 69.3 cm³/mol. The van der Waals surface area contributed by atoms with Gasteiger partial charge in [0.25, 0.3) is 0 Å². The van der Waals surface area contributed by atoms with Gasteiger partial charge in [0.2, 0.25) is 5.91 Å². The van der Waals surface area contributed by atoms with Crippen molar-refractivity contribution in [1.82, 2.24) is 10.2 Å². The van der Waals surface area contributed by atoms with Gasteiger partial charge in [0.15, 0.2) is 0 Å². The van der Waals surface area contributed by atoms with Crippen molar-refractivity contribution in [3.05, 3.63) is 0 Å². The number of nitrogens with zero attached hydrogens (tertiary/aromatic N) is 1. The first-order chi connectivity index (χ1) is 8.47. The first-order valence-corrected chi connectivity index (χ1v) is 6.32. The molecule has 1 aliphatic heterocycles. The van der Waals surface area contributed by atoms with E-state index in [1.165, 1.54) is 7.11 Å². The van der Waals surface area contributed by atoms with Gasteiger partial charge in [-0.1, -0.05) is 0 Å². The summed E-state index contributed by atoms with van der Waals surface area (Å²) in [6.45, 7) is 8.31. The van der Waals surface area contributed by atoms with Crippen LogP contribution >= 0.6 is 0 Å². The fourth-order valence-electron chi connectivity index (χ4n) is 2.01. The van der Waals surface area contributed by atoms with Crippen molar-refractivity contribution in [3.63, 3.8) is 0 Å². The Kier molecular flexibility index (Phi) is 6.01. The van der Waals surface area contributed by atoms with Crippen molar-refractivity contribution in [2.45, 2.75) is 25.4 Å². The fraction of sp³-hybridized carbons (Fsp3) is 0.917. The van der Waals surface area contributed by atoms with E-state index in [0.717, 1.165) is 26.3 Å². The second-order valence-corrected chi connectivity index (χ2v) is 5.20. The quantitative estimate of drug-likeness (QED) is 0.652. The van der Waals surface area contributed by atoms with E-state index in [1.54, 1.807) is 0 Å². The number of nitrogens with two attached hydrogens (primary N) is 1. The number of carbonyl (C=O) groups is 1. The SMILES string of the molecule is COCC(N)C(=O)NCCN1CCOCC1(C)C. The number of methoxy groups -OCH3 is 1. The molecule has 106 valence electrons. The first-order valence-electron chi connectivity index (χ1n) is 6.32. The third kappa shape index (κ3) is 4.53. The summed E-state index contributed by atoms with van der Waals surface area (Å²) < 4.78 is 10.3. The Bertz CT molecular complexity index is 271. The zero-order chi connectivity index (χ0) is 13.6. The molecule has 1 rings (SSSR count). The highest BCUT2D eigenvalue weighted by atomic mass is 16.5. The van der Waals surface area contributed by atoms with Crippen LogP contribution in [0, 0.1) is 0 Å². The highest BCUT2D eigenvalue weighted by Crippen LogP contribution is 2.17. The molecule has 1 unspecified atom stereocenters. The summed E-state index contributed by atoms with van der Waals surface area (Å²) in [6.07, 6.45) is 0. The minimum Gasteiger partial charge on any atom is -0.383 e. The molecule has 0 aliphatic carbocycles. The van der Waals surface area contributed by atoms with Crippen LogP contribution in [0.4, 0.5) is 0 Å². The zero-order valence-corrected chi connectivity index (χ0v) is 11.6. The molecule has 1 amide bonds. The van der Waals surface area contributed by atoms with E-state index in [-0.39, 0.29) is 18.1 Å². The Labute approximate surface area is 109 Å². The molecule has 18 heavy (non-hydrogen) atoms. The minimum atomic E-state index is -0.590. The summed E-state index contributed by atoms with van der Waals surface area (Å²) in [6, 6.07) is -0.590. The lowest BCUT2D eigenvalue weighted by Crippen LogP contribution is -2.55. The van der Waals surface area contributed by atoms with Gasteiger partial charge < -0.3 is 20.5 Å². The highest BCUT2D eigenvalue weighted by Gasteiger charge is 2.29. The van der Waals surface area contributed by atoms with Crippen LogP contribution in [0.15, 0.2) is 0 Å². The van der Waals surface area contributed by atoms with Crippen LogP contribution in [0.5, 0.6) is 0 Å². The zero-order valence-electron chi connectivity index (χ0n) is 11.6. The van der Waals surface area contributed by atoms with Crippen LogP contribution in [0.1, 0.15) is 13.8 Å². The summed E-state index contributed by atoms with van der Waals surface area (Å²) >= 11 is 0. The largest absolute Gasteiger partial charge is 0.383 e. The van der Waals surface area contributed by atoms with Crippen molar-refractivity contribution < 1.29 is 14.3 Å². The fourth-order valence-corrected chi connectivity index (χ4v) is 2.01. The molecular weight excluding hydrogens is 234 g/mol. The summed E-state index contributed by atoms with van der Waals surface area (Å²) in [5.74, 6) is -0.164. The number of ether oxygens (including phenoxy) is 2. The molecule has 0 saturated carbocycles. The normalized spacial score (nSPS) is 21.6. The van der Waals surface area contributed by atoms with E-state index in [9.17, 15) is 4.79 Å². The molecule has 0 aromatic rings. The van der Waals surface area contributed by atoms with E-state index in [2.05, 4.69) is 24.1 Å². The van der Waals surface area contributed by atoms with E-state index in [1.807, 2.05) is 0 Å². The van der Waals surface area contributed by atoms with Crippen LogP contribution in [-0.2, 0) is 14.3 Å². The topological polar surface area (TPSA) is 76.8 Å². The van der Waals surface area contributed by atoms with Crippen molar-refractivity contribution in [2.24, 2.45) is 5.73 Å². The van der Waals surface area contributed by atoms with Crippen molar-refractivity contribution in [2.75, 3.05) is 46.6 Å². The lowest BCUT2D eigenvalue weighted by atomic mass is 10.0. The maximum Gasteiger partial charge on any atom is 0.239 e. The minimum absolute atomic E-state index is 0.0254. The Morgan fingerprint density at radius 1 is 1.61 bits per heavy atom. The third-order valence-electron chi connectivity index (χ3n) is 3.18. The summed E-state index contributed by atoms with van der Waals surface area (Å²) in [4.78, 5) is 13.9. The molecule has 0 spiro atoms. The number of nitrogens with one attached hydrogen (secondary N) is 1. The van der Waals surface area contributed by atoms with Gasteiger partial charge in [-0.05, 0) is 13.8 Å². The van der Waals surface area contributed by atoms with Crippen LogP contribution in [0.25, 0.3) is 0 Å². The lowest BCUT2D eigenvalue weighted by molar-refractivity contribution is -0.123. The molecule has 0 bridgehead atoms. The second-order valence-electron chi connectivity index (χ2n) is 5.20. The van der Waals surface area contributed by atoms with Gasteiger partial charge in [-0.15, -0.1) is 0 Å². The first kappa shape index (κ1) is 15.4. The van der Waals surface area contributed by atoms with Crippen LogP contribution in [-0.4, -0.2) is 69.0 Å². The summed E-state index contributed by atoms with van der Waals surface area (Å²) in [5, 5.41) is 2.83. The Balaban J connectivity index is 2.26. The van der Waals surface area contributed by atoms with Crippen LogP contribution < -0.4 is 11.1 Å². The number of hydrogen-bond donors (Lipinski definition) is 2. The Hall–Kier alpha value is -0.690. The standard InChI is InChI=1S/C12H25N3O3/c1-12(2)9-18-7-6-15(12)5-4-14-11(16)10(13)8-17-3/h10H,4-9,13H2,1-3H3,(H,14,16). The average molecular weight is 259 g/mol. The number of rotatable bonds is 6. The highest BCUT2D eigenvalue weighted by molar-refractivity contribution is 5.81. The van der Waals surface area contributed by atoms with Gasteiger partial charge in [-0.25, -0.2) is 0 Å². The second kappa shape index (κ2) is 7.04. The smallest absolute Gasteiger partial charge is 0.239 e. The molecule has 3 N–H and O–H groups in total. The molecule has 1 saturated heterocycles. The van der Waals surface area contributed by atoms with E-state index < -0.39 is 6.04 Å². The molecule has 1 aliphatic rings. The molecular formula is C12H25N3O3. The molecule has 1 fully saturated rings. The molecule has 6 heteroatoms. The average Bonchev–Trinajstić information content (AvgIpc) is 2.31. The van der Waals surface area contributed by atoms with Gasteiger partial charge in [0.05, 0.1) is 19.8 Å². The van der Waals surface area contributed by atoms with E-state index >= 15 is 0 Å². The Morgan fingerprint density at radius 2 is 2.33 bits per heavy atom. The van der Waals surface area contributed by atoms with Gasteiger partial charge in [-0.3, -0.25) is 9.69 Å². The molecule has 0 radical (unpaired) electrons. The molecule has 1 heterocycles. The molecule has 1 atom stereocenters. The van der Waals surface area contributed by atoms with Gasteiger partial charge >= 0.3 is 0 Å².